The molecule has 5 rings (SSSR count). The molecule has 0 radical (unpaired) electrons. The van der Waals surface area contributed by atoms with Crippen LogP contribution in [0.1, 0.15) is 200 Å². The van der Waals surface area contributed by atoms with Gasteiger partial charge >= 0.3 is 0 Å². The first kappa shape index (κ1) is 33.8. The summed E-state index contributed by atoms with van der Waals surface area (Å²) in [5, 5.41) is 0. The summed E-state index contributed by atoms with van der Waals surface area (Å²) in [5.41, 5.74) is 1.13. The van der Waals surface area contributed by atoms with Crippen LogP contribution in [0.4, 0.5) is 0 Å². The summed E-state index contributed by atoms with van der Waals surface area (Å²) >= 11 is 0. The van der Waals surface area contributed by atoms with Crippen molar-refractivity contribution in [1.29, 1.82) is 0 Å². The molecule has 0 aromatic carbocycles. The normalized spacial score (nSPS) is 36.6. The van der Waals surface area contributed by atoms with Gasteiger partial charge in [-0.3, -0.25) is 4.79 Å². The predicted molar refractivity (Wildman–Crippen MR) is 182 cm³/mol. The molecule has 0 amide bonds. The Morgan fingerprint density at radius 2 is 1.16 bits per heavy atom. The minimum absolute atomic E-state index is 0.182. The summed E-state index contributed by atoms with van der Waals surface area (Å²) in [6.07, 6.45) is 42.4. The van der Waals surface area contributed by atoms with Gasteiger partial charge in [0.1, 0.15) is 6.10 Å². The van der Waals surface area contributed by atoms with Crippen LogP contribution in [0.25, 0.3) is 0 Å². The van der Waals surface area contributed by atoms with Crippen LogP contribution >= 0.6 is 0 Å². The highest BCUT2D eigenvalue weighted by Crippen LogP contribution is 2.63. The molecule has 1 unspecified atom stereocenters. The Hall–Kier alpha value is -0.530. The van der Waals surface area contributed by atoms with Crippen molar-refractivity contribution in [3.8, 4) is 0 Å². The average Bonchev–Trinajstić information content (AvgIpc) is 3.07. The zero-order valence-electron chi connectivity index (χ0n) is 28.9. The lowest BCUT2D eigenvalue weighted by Gasteiger charge is -2.58. The second-order valence-electron chi connectivity index (χ2n) is 17.0. The van der Waals surface area contributed by atoms with Crippen molar-refractivity contribution in [2.75, 3.05) is 0 Å². The monoisotopic (exact) mass is 597 g/mol. The van der Waals surface area contributed by atoms with Crippen molar-refractivity contribution >= 4 is 6.47 Å². The zero-order valence-corrected chi connectivity index (χ0v) is 28.9. The van der Waals surface area contributed by atoms with Crippen LogP contribution in [-0.4, -0.2) is 12.6 Å². The van der Waals surface area contributed by atoms with E-state index in [0.29, 0.717) is 10.8 Å². The number of hydrogen-bond acceptors (Lipinski definition) is 2. The molecular weight excluding hydrogens is 524 g/mol. The first-order chi connectivity index (χ1) is 21.1. The Kier molecular flexibility index (Phi) is 13.3. The molecule has 5 aliphatic carbocycles. The van der Waals surface area contributed by atoms with E-state index in [0.717, 1.165) is 54.8 Å². The van der Waals surface area contributed by atoms with Crippen LogP contribution in [-0.2, 0) is 9.53 Å². The molecule has 0 bridgehead atoms. The molecule has 0 heterocycles. The standard InChI is InChI=1S/C41H72O2/c1-3-5-13-33-17-21-36(22-18-33)40(29-25-38(26-30-40)43-32-42)31-39(35-15-9-7-10-16-35)41(27-11-8-12-28-41)37-23-19-34(20-24-37)14-6-4-2/h32-39H,3-31H2,1-2H3. The Balaban J connectivity index is 1.41. The minimum atomic E-state index is 0.182. The average molecular weight is 597 g/mol. The fourth-order valence-corrected chi connectivity index (χ4v) is 12.3. The van der Waals surface area contributed by atoms with Gasteiger partial charge in [0.05, 0.1) is 0 Å². The second kappa shape index (κ2) is 16.9. The van der Waals surface area contributed by atoms with Crippen molar-refractivity contribution in [2.24, 2.45) is 46.3 Å². The molecule has 0 aliphatic heterocycles. The van der Waals surface area contributed by atoms with Gasteiger partial charge in [0.2, 0.25) is 0 Å². The van der Waals surface area contributed by atoms with E-state index in [1.807, 2.05) is 0 Å². The Morgan fingerprint density at radius 1 is 0.628 bits per heavy atom. The summed E-state index contributed by atoms with van der Waals surface area (Å²) in [4.78, 5) is 11.3. The maximum absolute atomic E-state index is 11.3. The van der Waals surface area contributed by atoms with Crippen molar-refractivity contribution in [2.45, 2.75) is 206 Å². The van der Waals surface area contributed by atoms with E-state index in [-0.39, 0.29) is 6.10 Å². The van der Waals surface area contributed by atoms with Crippen LogP contribution in [0.3, 0.4) is 0 Å². The highest BCUT2D eigenvalue weighted by atomic mass is 16.5. The van der Waals surface area contributed by atoms with Gasteiger partial charge in [-0.2, -0.15) is 0 Å². The van der Waals surface area contributed by atoms with E-state index >= 15 is 0 Å². The maximum Gasteiger partial charge on any atom is 0.293 e. The van der Waals surface area contributed by atoms with E-state index in [2.05, 4.69) is 13.8 Å². The van der Waals surface area contributed by atoms with Crippen LogP contribution in [0, 0.1) is 46.3 Å². The molecule has 0 saturated heterocycles. The highest BCUT2D eigenvalue weighted by molar-refractivity contribution is 5.37. The van der Waals surface area contributed by atoms with Crippen LogP contribution in [0.2, 0.25) is 0 Å². The molecule has 2 nitrogen and oxygen atoms in total. The molecule has 0 spiro atoms. The number of ether oxygens (including phenoxy) is 1. The third-order valence-corrected chi connectivity index (χ3v) is 14.8. The highest BCUT2D eigenvalue weighted by Gasteiger charge is 2.53. The molecule has 5 fully saturated rings. The Morgan fingerprint density at radius 3 is 1.70 bits per heavy atom. The Labute approximate surface area is 268 Å². The van der Waals surface area contributed by atoms with E-state index in [1.54, 1.807) is 25.7 Å². The first-order valence-corrected chi connectivity index (χ1v) is 20.2. The number of hydrogen-bond donors (Lipinski definition) is 0. The number of unbranched alkanes of at least 4 members (excludes halogenated alkanes) is 2. The molecule has 5 aliphatic rings. The van der Waals surface area contributed by atoms with Gasteiger partial charge in [-0.25, -0.2) is 0 Å². The topological polar surface area (TPSA) is 26.3 Å². The summed E-state index contributed by atoms with van der Waals surface area (Å²) in [7, 11) is 0. The van der Waals surface area contributed by atoms with E-state index in [9.17, 15) is 4.79 Å². The lowest BCUT2D eigenvalue weighted by atomic mass is 9.47. The van der Waals surface area contributed by atoms with Crippen molar-refractivity contribution in [1.82, 2.24) is 0 Å². The van der Waals surface area contributed by atoms with Gasteiger partial charge in [0.25, 0.3) is 6.47 Å². The van der Waals surface area contributed by atoms with Gasteiger partial charge in [-0.1, -0.05) is 129 Å². The molecule has 5 saturated carbocycles. The molecule has 1 atom stereocenters. The van der Waals surface area contributed by atoms with Gasteiger partial charge in [-0.15, -0.1) is 0 Å². The van der Waals surface area contributed by atoms with E-state index in [1.165, 1.54) is 148 Å². The molecule has 2 heteroatoms. The van der Waals surface area contributed by atoms with Crippen molar-refractivity contribution in [3.63, 3.8) is 0 Å². The fourth-order valence-electron chi connectivity index (χ4n) is 12.3. The van der Waals surface area contributed by atoms with Crippen molar-refractivity contribution < 1.29 is 9.53 Å². The van der Waals surface area contributed by atoms with Crippen LogP contribution in [0.5, 0.6) is 0 Å². The molecule has 43 heavy (non-hydrogen) atoms. The van der Waals surface area contributed by atoms with Crippen molar-refractivity contribution in [3.05, 3.63) is 0 Å². The van der Waals surface area contributed by atoms with Gasteiger partial charge in [0.15, 0.2) is 0 Å². The third kappa shape index (κ3) is 8.44. The molecule has 248 valence electrons. The smallest absolute Gasteiger partial charge is 0.293 e. The summed E-state index contributed by atoms with van der Waals surface area (Å²) in [6, 6.07) is 0. The van der Waals surface area contributed by atoms with Crippen LogP contribution in [0.15, 0.2) is 0 Å². The zero-order chi connectivity index (χ0) is 30.0. The number of rotatable bonds is 14. The summed E-state index contributed by atoms with van der Waals surface area (Å²) < 4.78 is 5.63. The fraction of sp³-hybridized carbons (Fsp3) is 0.976. The molecule has 0 aromatic heterocycles. The Bertz CT molecular complexity index is 768. The SMILES string of the molecule is CCCCC1CCC(C2(CC(C3CCCCC3)C3(C4CCC(CCCC)CC4)CCCCC3)CCC(OC=O)CC2)CC1. The lowest BCUT2D eigenvalue weighted by Crippen LogP contribution is -2.49. The largest absolute Gasteiger partial charge is 0.465 e. The predicted octanol–water partition coefficient (Wildman–Crippen LogP) is 12.6. The number of carbonyl (C=O) groups excluding carboxylic acids is 1. The summed E-state index contributed by atoms with van der Waals surface area (Å²) in [5.74, 6) is 5.85. The first-order valence-electron chi connectivity index (χ1n) is 20.2. The second-order valence-corrected chi connectivity index (χ2v) is 17.0. The van der Waals surface area contributed by atoms with E-state index in [4.69, 9.17) is 4.74 Å². The molecular formula is C41H72O2. The maximum atomic E-state index is 11.3. The summed E-state index contributed by atoms with van der Waals surface area (Å²) in [6.45, 7) is 5.49. The van der Waals surface area contributed by atoms with Gasteiger partial charge in [-0.05, 0) is 117 Å². The van der Waals surface area contributed by atoms with E-state index < -0.39 is 0 Å². The lowest BCUT2D eigenvalue weighted by molar-refractivity contribution is -0.138. The van der Waals surface area contributed by atoms with Gasteiger partial charge < -0.3 is 4.74 Å². The quantitative estimate of drug-likeness (QED) is 0.186. The third-order valence-electron chi connectivity index (χ3n) is 14.8. The minimum Gasteiger partial charge on any atom is -0.465 e. The number of carbonyl (C=O) groups is 1. The molecule has 0 N–H and O–H groups in total. The van der Waals surface area contributed by atoms with Gasteiger partial charge in [0, 0.05) is 0 Å². The molecule has 0 aromatic rings. The van der Waals surface area contributed by atoms with Crippen LogP contribution < -0.4 is 0 Å².